The van der Waals surface area contributed by atoms with Crippen LogP contribution in [0.2, 0.25) is 5.02 Å². The highest BCUT2D eigenvalue weighted by atomic mass is 35.5. The predicted molar refractivity (Wildman–Crippen MR) is 130 cm³/mol. The van der Waals surface area contributed by atoms with Gasteiger partial charge in [0.1, 0.15) is 17.0 Å². The average Bonchev–Trinajstić information content (AvgIpc) is 2.81. The smallest absolute Gasteiger partial charge is 0.270 e. The Morgan fingerprint density at radius 2 is 1.94 bits per heavy atom. The molecule has 8 heteroatoms. The highest BCUT2D eigenvalue weighted by Gasteiger charge is 2.44. The van der Waals surface area contributed by atoms with Gasteiger partial charge in [-0.1, -0.05) is 23.7 Å². The second kappa shape index (κ2) is 8.55. The first-order chi connectivity index (χ1) is 16.3. The fourth-order valence-corrected chi connectivity index (χ4v) is 5.21. The van der Waals surface area contributed by atoms with Crippen LogP contribution in [0.4, 0.5) is 0 Å². The molecule has 5 rings (SSSR count). The molecule has 0 aliphatic carbocycles. The van der Waals surface area contributed by atoms with Gasteiger partial charge in [-0.2, -0.15) is 0 Å². The van der Waals surface area contributed by atoms with E-state index in [0.29, 0.717) is 65.4 Å². The van der Waals surface area contributed by atoms with Crippen LogP contribution in [0.5, 0.6) is 5.75 Å². The number of carbonyl (C=O) groups excluding carboxylic acids is 2. The summed E-state index contributed by atoms with van der Waals surface area (Å²) in [6.45, 7) is 4.77. The van der Waals surface area contributed by atoms with Gasteiger partial charge in [0.05, 0.1) is 23.0 Å². The number of nitrogens with one attached hydrogen (secondary N) is 1. The number of para-hydroxylation sites is 2. The minimum absolute atomic E-state index is 0.0229. The molecule has 0 radical (unpaired) electrons. The Hall–Kier alpha value is -3.19. The zero-order valence-corrected chi connectivity index (χ0v) is 20.0. The molecule has 2 aliphatic rings. The van der Waals surface area contributed by atoms with Crippen LogP contribution in [0.25, 0.3) is 11.0 Å². The van der Waals surface area contributed by atoms with E-state index in [1.807, 2.05) is 38.1 Å². The first kappa shape index (κ1) is 22.6. The van der Waals surface area contributed by atoms with E-state index >= 15 is 0 Å². The molecule has 0 saturated carbocycles. The standard InChI is InChI=1S/C26H26ClN3O4/c1-15-13-21-23(16(2)24(15)27)20(31)14-26(34-21)9-11-30(12-10-26)22(32)8-7-19-25(33)29-18-6-4-3-5-17(18)28-19/h3-6,13H,7-12,14H2,1-2H3,(H,29,33). The van der Waals surface area contributed by atoms with Gasteiger partial charge in [-0.15, -0.1) is 0 Å². The number of likely N-dealkylation sites (tertiary alicyclic amines) is 1. The number of rotatable bonds is 3. The summed E-state index contributed by atoms with van der Waals surface area (Å²) in [7, 11) is 0. The second-order valence-corrected chi connectivity index (χ2v) is 9.68. The molecule has 3 heterocycles. The summed E-state index contributed by atoms with van der Waals surface area (Å²) in [6.07, 6.45) is 1.95. The van der Waals surface area contributed by atoms with Gasteiger partial charge >= 0.3 is 0 Å². The number of aromatic nitrogens is 2. The second-order valence-electron chi connectivity index (χ2n) is 9.30. The van der Waals surface area contributed by atoms with Crippen molar-refractivity contribution in [2.24, 2.45) is 0 Å². The minimum atomic E-state index is -0.593. The summed E-state index contributed by atoms with van der Waals surface area (Å²) in [6, 6.07) is 9.18. The number of amides is 1. The van der Waals surface area contributed by atoms with Gasteiger partial charge in [0.2, 0.25) is 5.91 Å². The van der Waals surface area contributed by atoms with E-state index in [2.05, 4.69) is 9.97 Å². The maximum Gasteiger partial charge on any atom is 0.270 e. The molecule has 0 atom stereocenters. The van der Waals surface area contributed by atoms with Crippen molar-refractivity contribution in [1.82, 2.24) is 14.9 Å². The molecule has 1 amide bonds. The maximum absolute atomic E-state index is 13.0. The molecule has 2 aliphatic heterocycles. The van der Waals surface area contributed by atoms with Crippen molar-refractivity contribution in [2.45, 2.75) is 51.6 Å². The quantitative estimate of drug-likeness (QED) is 0.609. The number of Topliss-reactive ketones (excluding diaryl/α,β-unsaturated/α-hetero) is 1. The lowest BCUT2D eigenvalue weighted by molar-refractivity contribution is -0.134. The summed E-state index contributed by atoms with van der Waals surface area (Å²) in [5.41, 5.74) is 3.12. The lowest BCUT2D eigenvalue weighted by Crippen LogP contribution is -2.52. The Labute approximate surface area is 202 Å². The van der Waals surface area contributed by atoms with E-state index in [0.717, 1.165) is 11.1 Å². The van der Waals surface area contributed by atoms with Gasteiger partial charge < -0.3 is 14.6 Å². The van der Waals surface area contributed by atoms with Crippen LogP contribution in [-0.4, -0.2) is 45.2 Å². The van der Waals surface area contributed by atoms with Crippen molar-refractivity contribution in [2.75, 3.05) is 13.1 Å². The minimum Gasteiger partial charge on any atom is -0.486 e. The van der Waals surface area contributed by atoms with Gasteiger partial charge in [0.15, 0.2) is 5.78 Å². The van der Waals surface area contributed by atoms with Crippen molar-refractivity contribution >= 4 is 34.3 Å². The van der Waals surface area contributed by atoms with E-state index in [4.69, 9.17) is 16.3 Å². The lowest BCUT2D eigenvalue weighted by atomic mass is 9.81. The van der Waals surface area contributed by atoms with Crippen LogP contribution in [0.1, 0.15) is 52.9 Å². The van der Waals surface area contributed by atoms with Crippen molar-refractivity contribution in [3.8, 4) is 5.75 Å². The van der Waals surface area contributed by atoms with E-state index in [1.54, 1.807) is 11.0 Å². The normalized spacial score (nSPS) is 17.0. The van der Waals surface area contributed by atoms with Crippen LogP contribution in [-0.2, 0) is 11.2 Å². The number of hydrogen-bond donors (Lipinski definition) is 1. The van der Waals surface area contributed by atoms with E-state index in [1.165, 1.54) is 0 Å². The zero-order valence-electron chi connectivity index (χ0n) is 19.2. The van der Waals surface area contributed by atoms with Crippen molar-refractivity contribution in [3.05, 3.63) is 68.1 Å². The molecule has 0 bridgehead atoms. The van der Waals surface area contributed by atoms with Crippen LogP contribution in [0, 0.1) is 13.8 Å². The number of fused-ring (bicyclic) bond motifs is 2. The highest BCUT2D eigenvalue weighted by Crippen LogP contribution is 2.43. The molecule has 1 spiro atoms. The van der Waals surface area contributed by atoms with Gasteiger partial charge in [-0.3, -0.25) is 14.4 Å². The number of nitrogens with zero attached hydrogens (tertiary/aromatic N) is 2. The Morgan fingerprint density at radius 1 is 1.21 bits per heavy atom. The van der Waals surface area contributed by atoms with Gasteiger partial charge in [-0.25, -0.2) is 4.98 Å². The largest absolute Gasteiger partial charge is 0.486 e. The number of H-pyrrole nitrogens is 1. The summed E-state index contributed by atoms with van der Waals surface area (Å²) in [4.78, 5) is 47.2. The summed E-state index contributed by atoms with van der Waals surface area (Å²) in [5.74, 6) is 0.615. The Bertz CT molecular complexity index is 1370. The number of carbonyl (C=O) groups is 2. The molecule has 1 fully saturated rings. The third-order valence-electron chi connectivity index (χ3n) is 7.01. The number of aryl methyl sites for hydroxylation is 2. The van der Waals surface area contributed by atoms with E-state index < -0.39 is 5.60 Å². The number of aromatic amines is 1. The van der Waals surface area contributed by atoms with Crippen molar-refractivity contribution in [3.63, 3.8) is 0 Å². The fourth-order valence-electron chi connectivity index (χ4n) is 5.06. The molecular formula is C26H26ClN3O4. The molecule has 1 N–H and O–H groups in total. The SMILES string of the molecule is Cc1cc2c(c(C)c1Cl)C(=O)CC1(CCN(C(=O)CCc3nc4ccccc4[nH]c3=O)CC1)O2. The summed E-state index contributed by atoms with van der Waals surface area (Å²) < 4.78 is 6.39. The number of hydrogen-bond acceptors (Lipinski definition) is 5. The summed E-state index contributed by atoms with van der Waals surface area (Å²) >= 11 is 6.35. The van der Waals surface area contributed by atoms with Crippen LogP contribution in [0.3, 0.4) is 0 Å². The lowest BCUT2D eigenvalue weighted by Gasteiger charge is -2.44. The van der Waals surface area contributed by atoms with Crippen LogP contribution >= 0.6 is 11.6 Å². The topological polar surface area (TPSA) is 92.4 Å². The Kier molecular flexibility index (Phi) is 5.68. The molecule has 2 aromatic carbocycles. The number of ether oxygens (including phenoxy) is 1. The Morgan fingerprint density at radius 3 is 2.71 bits per heavy atom. The molecule has 1 aromatic heterocycles. The average molecular weight is 480 g/mol. The van der Waals surface area contributed by atoms with Crippen LogP contribution < -0.4 is 10.3 Å². The molecule has 7 nitrogen and oxygen atoms in total. The number of benzene rings is 2. The first-order valence-corrected chi connectivity index (χ1v) is 11.9. The van der Waals surface area contributed by atoms with Gasteiger partial charge in [-0.05, 0) is 43.2 Å². The van der Waals surface area contributed by atoms with Crippen molar-refractivity contribution in [1.29, 1.82) is 0 Å². The monoisotopic (exact) mass is 479 g/mol. The predicted octanol–water partition coefficient (Wildman–Crippen LogP) is 4.15. The zero-order chi connectivity index (χ0) is 24.0. The first-order valence-electron chi connectivity index (χ1n) is 11.5. The number of piperidine rings is 1. The van der Waals surface area contributed by atoms with E-state index in [9.17, 15) is 14.4 Å². The third-order valence-corrected chi connectivity index (χ3v) is 7.59. The molecule has 34 heavy (non-hydrogen) atoms. The van der Waals surface area contributed by atoms with Gasteiger partial charge in [0.25, 0.3) is 5.56 Å². The number of ketones is 1. The highest BCUT2D eigenvalue weighted by molar-refractivity contribution is 6.32. The van der Waals surface area contributed by atoms with Gasteiger partial charge in [0, 0.05) is 43.8 Å². The maximum atomic E-state index is 13.0. The van der Waals surface area contributed by atoms with E-state index in [-0.39, 0.29) is 30.1 Å². The van der Waals surface area contributed by atoms with Crippen molar-refractivity contribution < 1.29 is 14.3 Å². The molecule has 176 valence electrons. The molecule has 3 aromatic rings. The Balaban J connectivity index is 1.24. The molecule has 1 saturated heterocycles. The summed E-state index contributed by atoms with van der Waals surface area (Å²) in [5, 5.41) is 0.604. The van der Waals surface area contributed by atoms with Crippen LogP contribution in [0.15, 0.2) is 35.1 Å². The number of halogens is 1. The molecule has 0 unspecified atom stereocenters. The molecular weight excluding hydrogens is 454 g/mol. The third kappa shape index (κ3) is 3.98. The fraction of sp³-hybridized carbons (Fsp3) is 0.385.